The third kappa shape index (κ3) is 6.33. The Morgan fingerprint density at radius 1 is 1.09 bits per heavy atom. The molecule has 0 saturated heterocycles. The zero-order valence-electron chi connectivity index (χ0n) is 23.4. The summed E-state index contributed by atoms with van der Waals surface area (Å²) in [5.41, 5.74) is 3.10. The smallest absolute Gasteiger partial charge is 0.0809 e. The van der Waals surface area contributed by atoms with E-state index in [9.17, 15) is 15.3 Å². The molecule has 3 saturated carbocycles. The Kier molecular flexibility index (Phi) is 9.91. The van der Waals surface area contributed by atoms with Crippen LogP contribution in [-0.4, -0.2) is 33.1 Å². The molecule has 0 amide bonds. The van der Waals surface area contributed by atoms with Crippen molar-refractivity contribution in [2.75, 3.05) is 0 Å². The summed E-state index contributed by atoms with van der Waals surface area (Å²) in [7, 11) is 0. The van der Waals surface area contributed by atoms with Crippen LogP contribution in [-0.2, 0) is 0 Å². The number of rotatable bonds is 10. The maximum Gasteiger partial charge on any atom is 0.0809 e. The Hall–Kier alpha value is -0.900. The summed E-state index contributed by atoms with van der Waals surface area (Å²) in [6, 6.07) is 0. The molecule has 200 valence electrons. The van der Waals surface area contributed by atoms with Crippen LogP contribution in [0.4, 0.5) is 0 Å². The highest BCUT2D eigenvalue weighted by atomic mass is 16.3. The van der Waals surface area contributed by atoms with Crippen molar-refractivity contribution >= 4 is 0 Å². The van der Waals surface area contributed by atoms with Crippen LogP contribution in [0.25, 0.3) is 0 Å². The number of hydrogen-bond acceptors (Lipinski definition) is 3. The van der Waals surface area contributed by atoms with E-state index in [1.54, 1.807) is 5.57 Å². The van der Waals surface area contributed by atoms with Crippen molar-refractivity contribution < 1.29 is 15.3 Å². The van der Waals surface area contributed by atoms with Crippen LogP contribution in [0.15, 0.2) is 35.5 Å². The number of aliphatic hydroxyl groups is 3. The summed E-state index contributed by atoms with van der Waals surface area (Å²) in [5.74, 6) is 2.58. The van der Waals surface area contributed by atoms with Gasteiger partial charge in [0.2, 0.25) is 0 Å². The Balaban J connectivity index is 1.78. The first-order valence-corrected chi connectivity index (χ1v) is 14.7. The number of allylic oxidation sites excluding steroid dienone is 3. The molecule has 3 heteroatoms. The minimum atomic E-state index is -0.623. The van der Waals surface area contributed by atoms with E-state index >= 15 is 0 Å². The van der Waals surface area contributed by atoms with Gasteiger partial charge in [0.15, 0.2) is 0 Å². The van der Waals surface area contributed by atoms with Gasteiger partial charge in [0.25, 0.3) is 0 Å². The summed E-state index contributed by atoms with van der Waals surface area (Å²) in [5, 5.41) is 31.7. The van der Waals surface area contributed by atoms with Crippen molar-refractivity contribution in [2.24, 2.45) is 29.1 Å². The molecular weight excluding hydrogens is 432 g/mol. The normalized spacial score (nSPS) is 34.7. The van der Waals surface area contributed by atoms with E-state index in [4.69, 9.17) is 0 Å². The monoisotopic (exact) mass is 486 g/mol. The fourth-order valence-electron chi connectivity index (χ4n) is 7.94. The van der Waals surface area contributed by atoms with Crippen LogP contribution >= 0.6 is 0 Å². The fraction of sp³-hybridized carbons (Fsp3) is 0.812. The molecule has 3 aliphatic carbocycles. The van der Waals surface area contributed by atoms with E-state index < -0.39 is 17.8 Å². The van der Waals surface area contributed by atoms with Gasteiger partial charge in [-0.2, -0.15) is 0 Å². The Morgan fingerprint density at radius 3 is 2.34 bits per heavy atom. The molecule has 3 rings (SSSR count). The van der Waals surface area contributed by atoms with E-state index in [1.807, 2.05) is 0 Å². The highest BCUT2D eigenvalue weighted by molar-refractivity contribution is 5.29. The Bertz CT molecular complexity index is 760. The summed E-state index contributed by atoms with van der Waals surface area (Å²) < 4.78 is 0. The lowest BCUT2D eigenvalue weighted by molar-refractivity contribution is -0.0176. The summed E-state index contributed by atoms with van der Waals surface area (Å²) in [6.07, 6.45) is 17.2. The number of hydrogen-bond donors (Lipinski definition) is 3. The Morgan fingerprint density at radius 2 is 1.74 bits per heavy atom. The molecule has 7 atom stereocenters. The first-order chi connectivity index (χ1) is 16.6. The molecular formula is C32H54O3. The standard InChI is InChI=1S/C32H54O3/c1-7-10-12-26(21-32(35,8-2)9-3)22(4)27-16-17-28-25(13-11-18-31(27,28)6)15-14-24-19-29(33)23(5)30(34)20-24/h14-15,22,26-30,33-35H,5,7-13,16-21H2,1-4,6H3/b25-15+/t22-,26-,27-,28+,29-,30-,31-/m1/s1. The fourth-order valence-corrected chi connectivity index (χ4v) is 7.94. The van der Waals surface area contributed by atoms with Gasteiger partial charge in [0.05, 0.1) is 17.8 Å². The molecule has 0 bridgehead atoms. The van der Waals surface area contributed by atoms with Gasteiger partial charge in [-0.1, -0.05) is 83.8 Å². The van der Waals surface area contributed by atoms with Crippen molar-refractivity contribution in [1.82, 2.24) is 0 Å². The van der Waals surface area contributed by atoms with Crippen molar-refractivity contribution in [1.29, 1.82) is 0 Å². The molecule has 0 heterocycles. The predicted octanol–water partition coefficient (Wildman–Crippen LogP) is 7.51. The predicted molar refractivity (Wildman–Crippen MR) is 147 cm³/mol. The number of aliphatic hydroxyl groups excluding tert-OH is 2. The minimum Gasteiger partial charge on any atom is -0.390 e. The van der Waals surface area contributed by atoms with E-state index in [0.717, 1.165) is 24.8 Å². The summed E-state index contributed by atoms with van der Waals surface area (Å²) in [4.78, 5) is 0. The van der Waals surface area contributed by atoms with E-state index in [2.05, 4.69) is 53.3 Å². The van der Waals surface area contributed by atoms with Gasteiger partial charge in [0.1, 0.15) is 0 Å². The quantitative estimate of drug-likeness (QED) is 0.280. The summed E-state index contributed by atoms with van der Waals surface area (Å²) in [6.45, 7) is 15.5. The molecule has 0 spiro atoms. The second-order valence-electron chi connectivity index (χ2n) is 12.6. The van der Waals surface area contributed by atoms with Crippen molar-refractivity contribution in [3.8, 4) is 0 Å². The van der Waals surface area contributed by atoms with Gasteiger partial charge in [0, 0.05) is 0 Å². The second kappa shape index (κ2) is 12.1. The average molecular weight is 487 g/mol. The molecule has 0 unspecified atom stereocenters. The maximum absolute atomic E-state index is 11.2. The van der Waals surface area contributed by atoms with E-state index in [-0.39, 0.29) is 0 Å². The molecule has 0 aliphatic heterocycles. The lowest BCUT2D eigenvalue weighted by Gasteiger charge is -2.47. The van der Waals surface area contributed by atoms with Crippen LogP contribution in [0.2, 0.25) is 0 Å². The van der Waals surface area contributed by atoms with Gasteiger partial charge in [-0.3, -0.25) is 0 Å². The van der Waals surface area contributed by atoms with Crippen molar-refractivity contribution in [2.45, 2.75) is 136 Å². The lowest BCUT2D eigenvalue weighted by Crippen LogP contribution is -2.40. The zero-order valence-corrected chi connectivity index (χ0v) is 23.4. The zero-order chi connectivity index (χ0) is 25.8. The van der Waals surface area contributed by atoms with Gasteiger partial charge < -0.3 is 15.3 Å². The maximum atomic E-state index is 11.2. The second-order valence-corrected chi connectivity index (χ2v) is 12.6. The van der Waals surface area contributed by atoms with E-state index in [0.29, 0.717) is 47.5 Å². The highest BCUT2D eigenvalue weighted by Crippen LogP contribution is 2.61. The lowest BCUT2D eigenvalue weighted by atomic mass is 9.58. The molecule has 3 fully saturated rings. The highest BCUT2D eigenvalue weighted by Gasteiger charge is 2.52. The third-order valence-electron chi connectivity index (χ3n) is 10.6. The first-order valence-electron chi connectivity index (χ1n) is 14.7. The number of fused-ring (bicyclic) bond motifs is 1. The summed E-state index contributed by atoms with van der Waals surface area (Å²) >= 11 is 0. The van der Waals surface area contributed by atoms with Crippen molar-refractivity contribution in [3.63, 3.8) is 0 Å². The third-order valence-corrected chi connectivity index (χ3v) is 10.6. The molecule has 3 aliphatic rings. The molecule has 0 aromatic heterocycles. The van der Waals surface area contributed by atoms with Crippen LogP contribution < -0.4 is 0 Å². The SMILES string of the molecule is C=C1[C@H](O)CC(=C/C=C2\CCC[C@]3(C)[C@@H]([C@H](C)[C@H](CCCC)CC(O)(CC)CC)CC[C@@H]23)C[C@H]1O. The van der Waals surface area contributed by atoms with Crippen molar-refractivity contribution in [3.05, 3.63) is 35.5 Å². The van der Waals surface area contributed by atoms with E-state index in [1.165, 1.54) is 51.4 Å². The van der Waals surface area contributed by atoms with Crippen LogP contribution in [0.3, 0.4) is 0 Å². The molecule has 3 N–H and O–H groups in total. The van der Waals surface area contributed by atoms with Crippen LogP contribution in [0, 0.1) is 29.1 Å². The molecule has 35 heavy (non-hydrogen) atoms. The Labute approximate surface area is 215 Å². The first kappa shape index (κ1) is 28.7. The minimum absolute atomic E-state index is 0.336. The average Bonchev–Trinajstić information content (AvgIpc) is 3.20. The number of unbranched alkanes of at least 4 members (excludes halogenated alkanes) is 1. The molecule has 0 aromatic rings. The largest absolute Gasteiger partial charge is 0.390 e. The molecule has 0 aromatic carbocycles. The van der Waals surface area contributed by atoms with Gasteiger partial charge in [-0.25, -0.2) is 0 Å². The molecule has 0 radical (unpaired) electrons. The topological polar surface area (TPSA) is 60.7 Å². The van der Waals surface area contributed by atoms with Crippen LogP contribution in [0.1, 0.15) is 118 Å². The van der Waals surface area contributed by atoms with Gasteiger partial charge in [-0.05, 0) is 98.9 Å². The van der Waals surface area contributed by atoms with Gasteiger partial charge in [-0.15, -0.1) is 0 Å². The van der Waals surface area contributed by atoms with Crippen LogP contribution in [0.5, 0.6) is 0 Å². The molecule has 3 nitrogen and oxygen atoms in total. The van der Waals surface area contributed by atoms with Gasteiger partial charge >= 0.3 is 0 Å².